The van der Waals surface area contributed by atoms with Crippen LogP contribution in [-0.2, 0) is 6.42 Å². The van der Waals surface area contributed by atoms with Gasteiger partial charge in [-0.2, -0.15) is 0 Å². The lowest BCUT2D eigenvalue weighted by Crippen LogP contribution is -2.33. The molecule has 0 bridgehead atoms. The highest BCUT2D eigenvalue weighted by atomic mass is 19.1. The number of benzene rings is 2. The second-order valence-corrected chi connectivity index (χ2v) is 6.31. The summed E-state index contributed by atoms with van der Waals surface area (Å²) in [6, 6.07) is 16.4. The molecule has 3 rings (SSSR count). The van der Waals surface area contributed by atoms with Crippen LogP contribution in [0.25, 0.3) is 0 Å². The second kappa shape index (κ2) is 7.60. The van der Waals surface area contributed by atoms with E-state index in [-0.39, 0.29) is 5.82 Å². The molecule has 1 aliphatic rings. The van der Waals surface area contributed by atoms with Crippen LogP contribution in [0.2, 0.25) is 0 Å². The minimum absolute atomic E-state index is 0.0564. The van der Waals surface area contributed by atoms with E-state index in [0.29, 0.717) is 12.5 Å². The van der Waals surface area contributed by atoms with Crippen molar-refractivity contribution in [2.24, 2.45) is 5.73 Å². The fraction of sp³-hybridized carbons (Fsp3) is 0.400. The van der Waals surface area contributed by atoms with E-state index in [0.717, 1.165) is 50.0 Å². The Hall–Kier alpha value is -1.87. The molecule has 1 fully saturated rings. The van der Waals surface area contributed by atoms with Crippen molar-refractivity contribution in [1.29, 1.82) is 0 Å². The second-order valence-electron chi connectivity index (χ2n) is 6.31. The van der Waals surface area contributed by atoms with Crippen molar-refractivity contribution < 1.29 is 4.39 Å². The van der Waals surface area contributed by atoms with Crippen molar-refractivity contribution in [1.82, 2.24) is 0 Å². The van der Waals surface area contributed by atoms with Crippen LogP contribution < -0.4 is 10.6 Å². The zero-order valence-electron chi connectivity index (χ0n) is 13.5. The number of nitrogens with two attached hydrogens (primary N) is 1. The third-order valence-corrected chi connectivity index (χ3v) is 4.82. The molecular formula is C20H25FN2. The van der Waals surface area contributed by atoms with Crippen molar-refractivity contribution in [2.75, 3.05) is 24.5 Å². The predicted octanol–water partition coefficient (Wildman–Crippen LogP) is 4.10. The Balaban J connectivity index is 1.68. The first kappa shape index (κ1) is 16.0. The fourth-order valence-electron chi connectivity index (χ4n) is 3.47. The monoisotopic (exact) mass is 312 g/mol. The first-order chi connectivity index (χ1) is 11.3. The predicted molar refractivity (Wildman–Crippen MR) is 94.4 cm³/mol. The summed E-state index contributed by atoms with van der Waals surface area (Å²) in [5.74, 6) is 0.537. The van der Waals surface area contributed by atoms with E-state index >= 15 is 0 Å². The van der Waals surface area contributed by atoms with Gasteiger partial charge in [0.1, 0.15) is 5.82 Å². The van der Waals surface area contributed by atoms with Crippen molar-refractivity contribution in [3.05, 3.63) is 65.5 Å². The molecule has 2 aromatic carbocycles. The normalized spacial score (nSPS) is 15.8. The first-order valence-corrected chi connectivity index (χ1v) is 8.57. The molecule has 1 aliphatic heterocycles. The van der Waals surface area contributed by atoms with Crippen LogP contribution in [0, 0.1) is 5.82 Å². The number of anilines is 1. The van der Waals surface area contributed by atoms with E-state index in [1.165, 1.54) is 5.56 Å². The topological polar surface area (TPSA) is 29.3 Å². The van der Waals surface area contributed by atoms with Gasteiger partial charge in [0.15, 0.2) is 0 Å². The third-order valence-electron chi connectivity index (χ3n) is 4.82. The van der Waals surface area contributed by atoms with Crippen LogP contribution >= 0.6 is 0 Å². The lowest BCUT2D eigenvalue weighted by Gasteiger charge is -2.34. The number of hydrogen-bond acceptors (Lipinski definition) is 2. The highest BCUT2D eigenvalue weighted by molar-refractivity contribution is 5.51. The maximum atomic E-state index is 14.7. The van der Waals surface area contributed by atoms with Gasteiger partial charge in [0.05, 0.1) is 5.69 Å². The van der Waals surface area contributed by atoms with Gasteiger partial charge in [-0.25, -0.2) is 4.39 Å². The summed E-state index contributed by atoms with van der Waals surface area (Å²) in [4.78, 5) is 2.20. The molecule has 122 valence electrons. The molecule has 2 N–H and O–H groups in total. The number of hydrogen-bond donors (Lipinski definition) is 1. The minimum Gasteiger partial charge on any atom is -0.369 e. The van der Waals surface area contributed by atoms with Crippen molar-refractivity contribution in [3.8, 4) is 0 Å². The van der Waals surface area contributed by atoms with Crippen molar-refractivity contribution >= 4 is 5.69 Å². The van der Waals surface area contributed by atoms with E-state index in [1.54, 1.807) is 0 Å². The maximum Gasteiger partial charge on any atom is 0.149 e. The van der Waals surface area contributed by atoms with Gasteiger partial charge in [0.25, 0.3) is 0 Å². The zero-order chi connectivity index (χ0) is 16.1. The van der Waals surface area contributed by atoms with Crippen LogP contribution in [0.4, 0.5) is 10.1 Å². The van der Waals surface area contributed by atoms with E-state index in [1.807, 2.05) is 18.2 Å². The van der Waals surface area contributed by atoms with Gasteiger partial charge < -0.3 is 10.6 Å². The minimum atomic E-state index is -0.0564. The quantitative estimate of drug-likeness (QED) is 0.900. The van der Waals surface area contributed by atoms with Crippen LogP contribution in [-0.4, -0.2) is 19.6 Å². The standard InChI is InChI=1S/C20H25FN2/c21-20-18(9-5-13-22)8-4-10-19(20)23-14-11-17(12-15-23)16-6-2-1-3-7-16/h1-4,6-8,10,17H,5,9,11-15,22H2. The summed E-state index contributed by atoms with van der Waals surface area (Å²) in [7, 11) is 0. The zero-order valence-corrected chi connectivity index (χ0v) is 13.5. The Kier molecular flexibility index (Phi) is 5.29. The Morgan fingerprint density at radius 2 is 1.74 bits per heavy atom. The first-order valence-electron chi connectivity index (χ1n) is 8.57. The molecule has 0 spiro atoms. The molecule has 2 nitrogen and oxygen atoms in total. The maximum absolute atomic E-state index is 14.7. The van der Waals surface area contributed by atoms with Crippen LogP contribution in [0.1, 0.15) is 36.3 Å². The van der Waals surface area contributed by atoms with Crippen molar-refractivity contribution in [3.63, 3.8) is 0 Å². The number of piperidine rings is 1. The molecule has 0 aliphatic carbocycles. The van der Waals surface area contributed by atoms with Gasteiger partial charge >= 0.3 is 0 Å². The summed E-state index contributed by atoms with van der Waals surface area (Å²) in [5.41, 5.74) is 8.50. The smallest absolute Gasteiger partial charge is 0.149 e. The van der Waals surface area contributed by atoms with E-state index in [2.05, 4.69) is 35.2 Å². The number of halogens is 1. The number of rotatable bonds is 5. The molecular weight excluding hydrogens is 287 g/mol. The van der Waals surface area contributed by atoms with Crippen molar-refractivity contribution in [2.45, 2.75) is 31.6 Å². The summed E-state index contributed by atoms with van der Waals surface area (Å²) in [6.45, 7) is 2.43. The Morgan fingerprint density at radius 1 is 1.00 bits per heavy atom. The highest BCUT2D eigenvalue weighted by Crippen LogP contribution is 2.32. The molecule has 0 aromatic heterocycles. The number of nitrogens with zero attached hydrogens (tertiary/aromatic N) is 1. The molecule has 0 atom stereocenters. The summed E-state index contributed by atoms with van der Waals surface area (Å²) < 4.78 is 14.7. The molecule has 2 aromatic rings. The van der Waals surface area contributed by atoms with Gasteiger partial charge in [-0.3, -0.25) is 0 Å². The average molecular weight is 312 g/mol. The summed E-state index contributed by atoms with van der Waals surface area (Å²) >= 11 is 0. The summed E-state index contributed by atoms with van der Waals surface area (Å²) in [5, 5.41) is 0. The molecule has 0 unspecified atom stereocenters. The molecule has 3 heteroatoms. The molecule has 1 saturated heterocycles. The van der Waals surface area contributed by atoms with Gasteiger partial charge in [-0.05, 0) is 55.3 Å². The van der Waals surface area contributed by atoms with Gasteiger partial charge in [0, 0.05) is 13.1 Å². The number of aryl methyl sites for hydroxylation is 1. The summed E-state index contributed by atoms with van der Waals surface area (Å²) in [6.07, 6.45) is 3.71. The van der Waals surface area contributed by atoms with E-state index < -0.39 is 0 Å². The third kappa shape index (κ3) is 3.73. The lowest BCUT2D eigenvalue weighted by molar-refractivity contribution is 0.496. The molecule has 0 radical (unpaired) electrons. The molecule has 0 amide bonds. The molecule has 23 heavy (non-hydrogen) atoms. The Morgan fingerprint density at radius 3 is 2.43 bits per heavy atom. The molecule has 1 heterocycles. The van der Waals surface area contributed by atoms with Crippen LogP contribution in [0.3, 0.4) is 0 Å². The van der Waals surface area contributed by atoms with E-state index in [4.69, 9.17) is 5.73 Å². The largest absolute Gasteiger partial charge is 0.369 e. The lowest BCUT2D eigenvalue weighted by atomic mass is 9.89. The molecule has 0 saturated carbocycles. The average Bonchev–Trinajstić information content (AvgIpc) is 2.62. The Bertz CT molecular complexity index is 619. The Labute approximate surface area is 138 Å². The van der Waals surface area contributed by atoms with Gasteiger partial charge in [-0.15, -0.1) is 0 Å². The fourth-order valence-corrected chi connectivity index (χ4v) is 3.47. The van der Waals surface area contributed by atoms with Gasteiger partial charge in [0.2, 0.25) is 0 Å². The van der Waals surface area contributed by atoms with Gasteiger partial charge in [-0.1, -0.05) is 42.5 Å². The van der Waals surface area contributed by atoms with Crippen LogP contribution in [0.15, 0.2) is 48.5 Å². The van der Waals surface area contributed by atoms with E-state index in [9.17, 15) is 4.39 Å². The van der Waals surface area contributed by atoms with Crippen LogP contribution in [0.5, 0.6) is 0 Å². The highest BCUT2D eigenvalue weighted by Gasteiger charge is 2.23. The SMILES string of the molecule is NCCCc1cccc(N2CCC(c3ccccc3)CC2)c1F.